The molecule has 0 unspecified atom stereocenters. The van der Waals surface area contributed by atoms with Crippen LogP contribution in [0.25, 0.3) is 11.0 Å². The first-order chi connectivity index (χ1) is 15.6. The zero-order valence-electron chi connectivity index (χ0n) is 18.0. The SMILES string of the molecule is CSCC[C@@H](NC(=O)c1ccc(N2CCCCC2)c([N+](=O)[O-])c1)c1nc2ccccc2[nH]1. The monoisotopic (exact) mass is 453 g/mol. The first-order valence-electron chi connectivity index (χ1n) is 10.8. The molecule has 32 heavy (non-hydrogen) atoms. The van der Waals surface area contributed by atoms with Gasteiger partial charge < -0.3 is 15.2 Å². The number of carbonyl (C=O) groups excluding carboxylic acids is 1. The van der Waals surface area contributed by atoms with Gasteiger partial charge in [0.2, 0.25) is 0 Å². The lowest BCUT2D eigenvalue weighted by Crippen LogP contribution is -2.31. The molecule has 2 aromatic carbocycles. The minimum Gasteiger partial charge on any atom is -0.366 e. The number of H-pyrrole nitrogens is 1. The lowest BCUT2D eigenvalue weighted by Gasteiger charge is -2.28. The molecule has 168 valence electrons. The number of amides is 1. The van der Waals surface area contributed by atoms with E-state index in [1.165, 1.54) is 6.07 Å². The highest BCUT2D eigenvalue weighted by Gasteiger charge is 2.25. The van der Waals surface area contributed by atoms with Crippen molar-refractivity contribution in [2.75, 3.05) is 30.0 Å². The number of fused-ring (bicyclic) bond motifs is 1. The maximum atomic E-state index is 13.1. The van der Waals surface area contributed by atoms with Crippen LogP contribution < -0.4 is 10.2 Å². The number of piperidine rings is 1. The highest BCUT2D eigenvalue weighted by molar-refractivity contribution is 7.98. The van der Waals surface area contributed by atoms with Crippen LogP contribution in [-0.4, -0.2) is 45.9 Å². The number of nitrogens with one attached hydrogen (secondary N) is 2. The van der Waals surface area contributed by atoms with Gasteiger partial charge in [0.15, 0.2) is 0 Å². The molecule has 0 bridgehead atoms. The first kappa shape index (κ1) is 22.1. The predicted molar refractivity (Wildman–Crippen MR) is 128 cm³/mol. The summed E-state index contributed by atoms with van der Waals surface area (Å²) in [5.41, 5.74) is 2.59. The average molecular weight is 454 g/mol. The largest absolute Gasteiger partial charge is 0.366 e. The molecule has 9 heteroatoms. The van der Waals surface area contributed by atoms with Crippen molar-refractivity contribution in [3.63, 3.8) is 0 Å². The minimum absolute atomic E-state index is 0.0241. The van der Waals surface area contributed by atoms with Crippen molar-refractivity contribution in [3.8, 4) is 0 Å². The molecule has 0 saturated carbocycles. The summed E-state index contributed by atoms with van der Waals surface area (Å²) >= 11 is 1.69. The fourth-order valence-electron chi connectivity index (χ4n) is 4.11. The third-order valence-electron chi connectivity index (χ3n) is 5.78. The Morgan fingerprint density at radius 3 is 2.75 bits per heavy atom. The molecule has 1 saturated heterocycles. The summed E-state index contributed by atoms with van der Waals surface area (Å²) in [4.78, 5) is 34.4. The molecule has 3 aromatic rings. The van der Waals surface area contributed by atoms with Gasteiger partial charge in [-0.25, -0.2) is 4.98 Å². The van der Waals surface area contributed by atoms with Gasteiger partial charge in [0, 0.05) is 24.7 Å². The standard InChI is InChI=1S/C23H27N5O3S/c1-32-14-11-19(22-24-17-7-3-4-8-18(17)25-22)26-23(29)16-9-10-20(21(15-16)28(30)31)27-12-5-2-6-13-27/h3-4,7-10,15,19H,2,5-6,11-14H2,1H3,(H,24,25)(H,26,29)/t19-/m1/s1. The maximum absolute atomic E-state index is 13.1. The van der Waals surface area contributed by atoms with E-state index in [1.807, 2.05) is 35.4 Å². The Morgan fingerprint density at radius 1 is 1.25 bits per heavy atom. The third-order valence-corrected chi connectivity index (χ3v) is 6.43. The molecule has 1 aliphatic rings. The highest BCUT2D eigenvalue weighted by Crippen LogP contribution is 2.31. The van der Waals surface area contributed by atoms with Crippen molar-refractivity contribution in [2.45, 2.75) is 31.7 Å². The number of carbonyl (C=O) groups is 1. The van der Waals surface area contributed by atoms with Gasteiger partial charge in [-0.1, -0.05) is 12.1 Å². The van der Waals surface area contributed by atoms with E-state index in [1.54, 1.807) is 23.9 Å². The molecular formula is C23H27N5O3S. The van der Waals surface area contributed by atoms with E-state index >= 15 is 0 Å². The van der Waals surface area contributed by atoms with Gasteiger partial charge in [0.25, 0.3) is 11.6 Å². The van der Waals surface area contributed by atoms with Crippen molar-refractivity contribution in [3.05, 3.63) is 64.0 Å². The maximum Gasteiger partial charge on any atom is 0.293 e. The van der Waals surface area contributed by atoms with Crippen LogP contribution in [0, 0.1) is 10.1 Å². The minimum atomic E-state index is -0.398. The first-order valence-corrected chi connectivity index (χ1v) is 12.2. The van der Waals surface area contributed by atoms with E-state index < -0.39 is 4.92 Å². The van der Waals surface area contributed by atoms with Crippen LogP contribution in [0.5, 0.6) is 0 Å². The van der Waals surface area contributed by atoms with E-state index in [2.05, 4.69) is 15.3 Å². The fraction of sp³-hybridized carbons (Fsp3) is 0.391. The van der Waals surface area contributed by atoms with E-state index in [0.29, 0.717) is 17.9 Å². The second kappa shape index (κ2) is 10.0. The zero-order chi connectivity index (χ0) is 22.5. The van der Waals surface area contributed by atoms with Crippen LogP contribution in [0.15, 0.2) is 42.5 Å². The number of hydrogen-bond acceptors (Lipinski definition) is 6. The number of benzene rings is 2. The summed E-state index contributed by atoms with van der Waals surface area (Å²) in [6.45, 7) is 1.60. The molecule has 0 radical (unpaired) electrons. The van der Waals surface area contributed by atoms with Crippen molar-refractivity contribution >= 4 is 40.1 Å². The molecule has 1 aromatic heterocycles. The van der Waals surface area contributed by atoms with Crippen molar-refractivity contribution in [2.24, 2.45) is 0 Å². The summed E-state index contributed by atoms with van der Waals surface area (Å²) in [6.07, 6.45) is 5.90. The Kier molecular flexibility index (Phi) is 6.94. The molecule has 1 aliphatic heterocycles. The van der Waals surface area contributed by atoms with Crippen LogP contribution in [0.1, 0.15) is 47.9 Å². The number of imidazole rings is 1. The molecule has 1 fully saturated rings. The Labute approximate surface area is 190 Å². The van der Waals surface area contributed by atoms with E-state index in [-0.39, 0.29) is 23.2 Å². The summed E-state index contributed by atoms with van der Waals surface area (Å²) in [5, 5.41) is 14.8. The average Bonchev–Trinajstić information content (AvgIpc) is 3.26. The number of aromatic amines is 1. The fourth-order valence-corrected chi connectivity index (χ4v) is 4.58. The molecule has 0 aliphatic carbocycles. The van der Waals surface area contributed by atoms with Gasteiger partial charge in [-0.05, 0) is 62.0 Å². The van der Waals surface area contributed by atoms with Crippen molar-refractivity contribution in [1.29, 1.82) is 0 Å². The number of thioether (sulfide) groups is 1. The van der Waals surface area contributed by atoms with Crippen LogP contribution in [0.2, 0.25) is 0 Å². The molecule has 1 atom stereocenters. The van der Waals surface area contributed by atoms with Gasteiger partial charge in [-0.15, -0.1) is 0 Å². The summed E-state index contributed by atoms with van der Waals surface area (Å²) < 4.78 is 0. The smallest absolute Gasteiger partial charge is 0.293 e. The molecule has 8 nitrogen and oxygen atoms in total. The van der Waals surface area contributed by atoms with Gasteiger partial charge in [0.1, 0.15) is 11.5 Å². The summed E-state index contributed by atoms with van der Waals surface area (Å²) in [5.74, 6) is 1.19. The number of hydrogen-bond donors (Lipinski definition) is 2. The number of para-hydroxylation sites is 2. The summed E-state index contributed by atoms with van der Waals surface area (Å²) in [7, 11) is 0. The van der Waals surface area contributed by atoms with Crippen LogP contribution in [0.4, 0.5) is 11.4 Å². The number of anilines is 1. The molecule has 4 rings (SSSR count). The van der Waals surface area contributed by atoms with Crippen LogP contribution in [0.3, 0.4) is 0 Å². The molecular weight excluding hydrogens is 426 g/mol. The third kappa shape index (κ3) is 4.88. The molecule has 1 amide bonds. The quantitative estimate of drug-likeness (QED) is 0.379. The van der Waals surface area contributed by atoms with E-state index in [0.717, 1.165) is 49.1 Å². The number of nitro groups is 1. The Hall–Kier alpha value is -3.07. The Bertz CT molecular complexity index is 1080. The molecule has 2 heterocycles. The van der Waals surface area contributed by atoms with E-state index in [4.69, 9.17) is 0 Å². The van der Waals surface area contributed by atoms with Crippen LogP contribution in [-0.2, 0) is 0 Å². The number of aromatic nitrogens is 2. The predicted octanol–water partition coefficient (Wildman–Crippen LogP) is 4.69. The second-order valence-electron chi connectivity index (χ2n) is 7.96. The number of nitrogens with zero attached hydrogens (tertiary/aromatic N) is 3. The lowest BCUT2D eigenvalue weighted by atomic mass is 10.1. The zero-order valence-corrected chi connectivity index (χ0v) is 18.9. The Balaban J connectivity index is 1.58. The highest BCUT2D eigenvalue weighted by atomic mass is 32.2. The van der Waals surface area contributed by atoms with Crippen LogP contribution >= 0.6 is 11.8 Å². The number of rotatable bonds is 8. The molecule has 2 N–H and O–H groups in total. The van der Waals surface area contributed by atoms with Gasteiger partial charge in [0.05, 0.1) is 22.0 Å². The lowest BCUT2D eigenvalue weighted by molar-refractivity contribution is -0.384. The second-order valence-corrected chi connectivity index (χ2v) is 8.94. The van der Waals surface area contributed by atoms with Gasteiger partial charge in [-0.2, -0.15) is 11.8 Å². The normalized spacial score (nSPS) is 15.0. The van der Waals surface area contributed by atoms with Gasteiger partial charge in [-0.3, -0.25) is 14.9 Å². The van der Waals surface area contributed by atoms with Crippen molar-refractivity contribution in [1.82, 2.24) is 15.3 Å². The topological polar surface area (TPSA) is 104 Å². The van der Waals surface area contributed by atoms with Gasteiger partial charge >= 0.3 is 0 Å². The van der Waals surface area contributed by atoms with E-state index in [9.17, 15) is 14.9 Å². The Morgan fingerprint density at radius 2 is 2.03 bits per heavy atom. The molecule has 0 spiro atoms. The summed E-state index contributed by atoms with van der Waals surface area (Å²) in [6, 6.07) is 12.2. The number of nitro benzene ring substituents is 1. The van der Waals surface area contributed by atoms with Crippen molar-refractivity contribution < 1.29 is 9.72 Å².